The molecule has 0 radical (unpaired) electrons. The second kappa shape index (κ2) is 5.14. The average Bonchev–Trinajstić information content (AvgIpc) is 2.35. The molecule has 0 aliphatic heterocycles. The smallest absolute Gasteiger partial charge is 0.128 e. The highest BCUT2D eigenvalue weighted by Gasteiger charge is 2.48. The summed E-state index contributed by atoms with van der Waals surface area (Å²) in [5.41, 5.74) is 0.157. The van der Waals surface area contributed by atoms with Gasteiger partial charge in [-0.2, -0.15) is 0 Å². The fraction of sp³-hybridized carbons (Fsp3) is 0.643. The van der Waals surface area contributed by atoms with Crippen LogP contribution in [0.2, 0.25) is 0 Å². The zero-order chi connectivity index (χ0) is 13.2. The number of anilines is 2. The second-order valence-electron chi connectivity index (χ2n) is 5.42. The van der Waals surface area contributed by atoms with Crippen molar-refractivity contribution in [2.45, 2.75) is 39.3 Å². The molecule has 1 saturated carbocycles. The second-order valence-corrected chi connectivity index (χ2v) is 5.42. The predicted molar refractivity (Wildman–Crippen MR) is 75.0 cm³/mol. The molecule has 0 bridgehead atoms. The van der Waals surface area contributed by atoms with Crippen molar-refractivity contribution in [3.8, 4) is 0 Å². The number of hydrogen-bond acceptors (Lipinski definition) is 4. The first-order valence-electron chi connectivity index (χ1n) is 6.58. The van der Waals surface area contributed by atoms with E-state index in [9.17, 15) is 0 Å². The van der Waals surface area contributed by atoms with Gasteiger partial charge in [0.05, 0.1) is 6.10 Å². The highest BCUT2D eigenvalue weighted by Crippen LogP contribution is 2.43. The van der Waals surface area contributed by atoms with Gasteiger partial charge in [0, 0.05) is 25.1 Å². The molecule has 18 heavy (non-hydrogen) atoms. The molecule has 0 aromatic carbocycles. The Bertz CT molecular complexity index is 406. The molecule has 1 aliphatic rings. The third kappa shape index (κ3) is 2.43. The van der Waals surface area contributed by atoms with Crippen LogP contribution in [0, 0.1) is 5.41 Å². The first-order valence-corrected chi connectivity index (χ1v) is 6.58. The van der Waals surface area contributed by atoms with E-state index in [0.29, 0.717) is 12.1 Å². The summed E-state index contributed by atoms with van der Waals surface area (Å²) in [6.45, 7) is 7.42. The van der Waals surface area contributed by atoms with Gasteiger partial charge in [-0.05, 0) is 25.5 Å². The Morgan fingerprint density at radius 2 is 2.11 bits per heavy atom. The molecular formula is C14H23N3O. The van der Waals surface area contributed by atoms with Crippen molar-refractivity contribution in [2.24, 2.45) is 5.41 Å². The van der Waals surface area contributed by atoms with Gasteiger partial charge in [-0.1, -0.05) is 19.9 Å². The zero-order valence-electron chi connectivity index (χ0n) is 11.7. The SMILES string of the molecule is CCNc1cccc(NC2CC(OC)C2(C)C)n1. The Morgan fingerprint density at radius 3 is 2.72 bits per heavy atom. The molecule has 1 fully saturated rings. The first kappa shape index (κ1) is 13.1. The summed E-state index contributed by atoms with van der Waals surface area (Å²) in [4.78, 5) is 4.54. The molecule has 4 heteroatoms. The van der Waals surface area contributed by atoms with Crippen molar-refractivity contribution >= 4 is 11.6 Å². The number of nitrogens with zero attached hydrogens (tertiary/aromatic N) is 1. The highest BCUT2D eigenvalue weighted by atomic mass is 16.5. The Labute approximate surface area is 109 Å². The lowest BCUT2D eigenvalue weighted by Crippen LogP contribution is -2.57. The van der Waals surface area contributed by atoms with Crippen molar-refractivity contribution < 1.29 is 4.74 Å². The number of rotatable bonds is 5. The van der Waals surface area contributed by atoms with Gasteiger partial charge in [0.1, 0.15) is 11.6 Å². The third-order valence-electron chi connectivity index (χ3n) is 3.89. The van der Waals surface area contributed by atoms with E-state index in [0.717, 1.165) is 24.6 Å². The number of pyridine rings is 1. The van der Waals surface area contributed by atoms with Crippen LogP contribution in [0.3, 0.4) is 0 Å². The van der Waals surface area contributed by atoms with Crippen molar-refractivity contribution in [3.05, 3.63) is 18.2 Å². The summed E-state index contributed by atoms with van der Waals surface area (Å²) in [5, 5.41) is 6.72. The lowest BCUT2D eigenvalue weighted by atomic mass is 9.64. The fourth-order valence-corrected chi connectivity index (χ4v) is 2.50. The molecule has 2 unspecified atom stereocenters. The van der Waals surface area contributed by atoms with E-state index >= 15 is 0 Å². The summed E-state index contributed by atoms with van der Waals surface area (Å²) in [6.07, 6.45) is 1.38. The quantitative estimate of drug-likeness (QED) is 0.842. The maximum atomic E-state index is 5.46. The lowest BCUT2D eigenvalue weighted by Gasteiger charge is -2.51. The minimum Gasteiger partial charge on any atom is -0.381 e. The van der Waals surface area contributed by atoms with Crippen LogP contribution in [0.4, 0.5) is 11.6 Å². The monoisotopic (exact) mass is 249 g/mol. The van der Waals surface area contributed by atoms with Crippen molar-refractivity contribution in [1.29, 1.82) is 0 Å². The number of nitrogens with one attached hydrogen (secondary N) is 2. The van der Waals surface area contributed by atoms with E-state index in [1.54, 1.807) is 7.11 Å². The number of methoxy groups -OCH3 is 1. The third-order valence-corrected chi connectivity index (χ3v) is 3.89. The minimum atomic E-state index is 0.157. The maximum absolute atomic E-state index is 5.46. The Morgan fingerprint density at radius 1 is 1.39 bits per heavy atom. The first-order chi connectivity index (χ1) is 8.57. The van der Waals surface area contributed by atoms with Crippen LogP contribution in [0.1, 0.15) is 27.2 Å². The topological polar surface area (TPSA) is 46.2 Å². The van der Waals surface area contributed by atoms with E-state index in [-0.39, 0.29) is 5.41 Å². The van der Waals surface area contributed by atoms with E-state index in [4.69, 9.17) is 4.74 Å². The van der Waals surface area contributed by atoms with Crippen molar-refractivity contribution in [1.82, 2.24) is 4.98 Å². The molecule has 0 saturated heterocycles. The van der Waals surface area contributed by atoms with E-state index in [1.165, 1.54) is 0 Å². The maximum Gasteiger partial charge on any atom is 0.128 e. The summed E-state index contributed by atoms with van der Waals surface area (Å²) in [5.74, 6) is 1.85. The molecule has 1 heterocycles. The number of ether oxygens (including phenoxy) is 1. The molecule has 2 atom stereocenters. The summed E-state index contributed by atoms with van der Waals surface area (Å²) < 4.78 is 5.46. The molecule has 1 aliphatic carbocycles. The van der Waals surface area contributed by atoms with Gasteiger partial charge in [-0.25, -0.2) is 4.98 Å². The molecular weight excluding hydrogens is 226 g/mol. The fourth-order valence-electron chi connectivity index (χ4n) is 2.50. The molecule has 1 aromatic rings. The van der Waals surface area contributed by atoms with Crippen LogP contribution in [-0.2, 0) is 4.74 Å². The van der Waals surface area contributed by atoms with E-state index in [2.05, 4.69) is 36.4 Å². The molecule has 2 rings (SSSR count). The van der Waals surface area contributed by atoms with Crippen LogP contribution in [0.15, 0.2) is 18.2 Å². The largest absolute Gasteiger partial charge is 0.381 e. The molecule has 0 amide bonds. The van der Waals surface area contributed by atoms with E-state index < -0.39 is 0 Å². The lowest BCUT2D eigenvalue weighted by molar-refractivity contribution is -0.0795. The van der Waals surface area contributed by atoms with Gasteiger partial charge in [-0.3, -0.25) is 0 Å². The van der Waals surface area contributed by atoms with Gasteiger partial charge in [-0.15, -0.1) is 0 Å². The Kier molecular flexibility index (Phi) is 3.76. The van der Waals surface area contributed by atoms with Crippen molar-refractivity contribution in [2.75, 3.05) is 24.3 Å². The molecule has 0 spiro atoms. The van der Waals surface area contributed by atoms with Crippen LogP contribution in [0.25, 0.3) is 0 Å². The van der Waals surface area contributed by atoms with Crippen LogP contribution in [0.5, 0.6) is 0 Å². The van der Waals surface area contributed by atoms with Crippen LogP contribution >= 0.6 is 0 Å². The number of hydrogen-bond donors (Lipinski definition) is 2. The van der Waals surface area contributed by atoms with E-state index in [1.807, 2.05) is 18.2 Å². The summed E-state index contributed by atoms with van der Waals surface area (Å²) in [6, 6.07) is 6.44. The van der Waals surface area contributed by atoms with Gasteiger partial charge >= 0.3 is 0 Å². The van der Waals surface area contributed by atoms with Gasteiger partial charge in [0.2, 0.25) is 0 Å². The normalized spacial score (nSPS) is 25.3. The van der Waals surface area contributed by atoms with Gasteiger partial charge in [0.25, 0.3) is 0 Å². The summed E-state index contributed by atoms with van der Waals surface area (Å²) in [7, 11) is 1.78. The standard InChI is InChI=1S/C14H23N3O/c1-5-15-12-7-6-8-13(17-12)16-10-9-11(18-4)14(10,2)3/h6-8,10-11H,5,9H2,1-4H3,(H2,15,16,17). The minimum absolute atomic E-state index is 0.157. The molecule has 1 aromatic heterocycles. The predicted octanol–water partition coefficient (Wildman–Crippen LogP) is 2.74. The zero-order valence-corrected chi connectivity index (χ0v) is 11.7. The molecule has 4 nitrogen and oxygen atoms in total. The number of aromatic nitrogens is 1. The Hall–Kier alpha value is -1.29. The van der Waals surface area contributed by atoms with Gasteiger partial charge in [0.15, 0.2) is 0 Å². The molecule has 100 valence electrons. The summed E-state index contributed by atoms with van der Waals surface area (Å²) >= 11 is 0. The Balaban J connectivity index is 2.00. The molecule has 2 N–H and O–H groups in total. The highest BCUT2D eigenvalue weighted by molar-refractivity contribution is 5.46. The average molecular weight is 249 g/mol. The van der Waals surface area contributed by atoms with Crippen LogP contribution in [-0.4, -0.2) is 30.8 Å². The van der Waals surface area contributed by atoms with Crippen molar-refractivity contribution in [3.63, 3.8) is 0 Å². The van der Waals surface area contributed by atoms with Crippen LogP contribution < -0.4 is 10.6 Å². The van der Waals surface area contributed by atoms with Gasteiger partial charge < -0.3 is 15.4 Å².